The molecule has 1 atom stereocenters. The number of carbonyl (C=O) groups is 1. The molecule has 1 aliphatic rings. The molecule has 0 N–H and O–H groups in total. The first kappa shape index (κ1) is 17.9. The fourth-order valence-electron chi connectivity index (χ4n) is 3.77. The molecular formula is C20H22N2O4. The molecule has 0 saturated heterocycles. The van der Waals surface area contributed by atoms with Crippen LogP contribution in [0.4, 0.5) is 11.4 Å². The van der Waals surface area contributed by atoms with E-state index >= 15 is 0 Å². The van der Waals surface area contributed by atoms with Crippen LogP contribution in [0.2, 0.25) is 0 Å². The third kappa shape index (κ3) is 3.03. The number of rotatable bonds is 3. The van der Waals surface area contributed by atoms with Gasteiger partial charge in [0.2, 0.25) is 0 Å². The summed E-state index contributed by atoms with van der Waals surface area (Å²) in [6.07, 6.45) is 0.811. The number of hydrogen-bond acceptors (Lipinski definition) is 4. The summed E-state index contributed by atoms with van der Waals surface area (Å²) in [5.41, 5.74) is 1.95. The molecule has 0 saturated carbocycles. The first-order chi connectivity index (χ1) is 12.2. The molecule has 6 nitrogen and oxygen atoms in total. The van der Waals surface area contributed by atoms with Gasteiger partial charge < -0.3 is 9.64 Å². The minimum Gasteiger partial charge on any atom is -0.497 e. The molecule has 1 unspecified atom stereocenters. The van der Waals surface area contributed by atoms with E-state index in [2.05, 4.69) is 6.92 Å². The minimum absolute atomic E-state index is 0.0294. The van der Waals surface area contributed by atoms with Crippen LogP contribution in [0.3, 0.4) is 0 Å². The third-order valence-corrected chi connectivity index (χ3v) is 4.95. The van der Waals surface area contributed by atoms with Gasteiger partial charge in [0.05, 0.1) is 12.0 Å². The molecule has 0 fully saturated rings. The Hall–Kier alpha value is -2.89. The predicted octanol–water partition coefficient (Wildman–Crippen LogP) is 4.54. The monoisotopic (exact) mass is 354 g/mol. The Kier molecular flexibility index (Phi) is 4.44. The molecule has 2 aromatic carbocycles. The number of anilines is 1. The van der Waals surface area contributed by atoms with Crippen LogP contribution >= 0.6 is 0 Å². The second kappa shape index (κ2) is 6.44. The van der Waals surface area contributed by atoms with Crippen LogP contribution in [-0.4, -0.2) is 23.5 Å². The number of ether oxygens (including phenoxy) is 1. The quantitative estimate of drug-likeness (QED) is 0.599. The lowest BCUT2D eigenvalue weighted by molar-refractivity contribution is -0.384. The van der Waals surface area contributed by atoms with Gasteiger partial charge in [-0.3, -0.25) is 14.9 Å². The Labute approximate surface area is 152 Å². The van der Waals surface area contributed by atoms with Gasteiger partial charge in [-0.25, -0.2) is 0 Å². The van der Waals surface area contributed by atoms with E-state index in [9.17, 15) is 14.9 Å². The molecule has 0 spiro atoms. The van der Waals surface area contributed by atoms with Crippen LogP contribution in [0.25, 0.3) is 0 Å². The van der Waals surface area contributed by atoms with Crippen molar-refractivity contribution in [2.75, 3.05) is 12.0 Å². The third-order valence-electron chi connectivity index (χ3n) is 4.95. The van der Waals surface area contributed by atoms with Crippen LogP contribution in [0.5, 0.6) is 5.75 Å². The fourth-order valence-corrected chi connectivity index (χ4v) is 3.77. The summed E-state index contributed by atoms with van der Waals surface area (Å²) in [6, 6.07) is 11.5. The van der Waals surface area contributed by atoms with Crippen molar-refractivity contribution in [2.24, 2.45) is 0 Å². The zero-order chi connectivity index (χ0) is 19.1. The number of nitro benzene ring substituents is 1. The van der Waals surface area contributed by atoms with Crippen molar-refractivity contribution in [3.8, 4) is 5.75 Å². The van der Waals surface area contributed by atoms with Gasteiger partial charge >= 0.3 is 0 Å². The number of methoxy groups -OCH3 is 1. The molecule has 0 aliphatic carbocycles. The molecule has 1 aliphatic heterocycles. The minimum atomic E-state index is -0.470. The first-order valence-corrected chi connectivity index (χ1v) is 8.51. The molecule has 0 aromatic heterocycles. The second-order valence-electron chi connectivity index (χ2n) is 7.29. The van der Waals surface area contributed by atoms with Gasteiger partial charge in [0.15, 0.2) is 0 Å². The zero-order valence-electron chi connectivity index (χ0n) is 15.4. The summed E-state index contributed by atoms with van der Waals surface area (Å²) < 4.78 is 5.33. The smallest absolute Gasteiger partial charge is 0.269 e. The summed E-state index contributed by atoms with van der Waals surface area (Å²) in [4.78, 5) is 25.4. The van der Waals surface area contributed by atoms with E-state index < -0.39 is 4.92 Å². The van der Waals surface area contributed by atoms with Gasteiger partial charge in [0, 0.05) is 28.9 Å². The van der Waals surface area contributed by atoms with Gasteiger partial charge in [-0.2, -0.15) is 0 Å². The number of benzene rings is 2. The van der Waals surface area contributed by atoms with E-state index in [1.54, 1.807) is 12.0 Å². The highest BCUT2D eigenvalue weighted by atomic mass is 16.6. The average Bonchev–Trinajstić information content (AvgIpc) is 2.60. The summed E-state index contributed by atoms with van der Waals surface area (Å²) in [5, 5.41) is 10.8. The Balaban J connectivity index is 2.06. The largest absolute Gasteiger partial charge is 0.497 e. The Bertz CT molecular complexity index is 859. The van der Waals surface area contributed by atoms with E-state index in [1.165, 1.54) is 24.3 Å². The highest BCUT2D eigenvalue weighted by molar-refractivity contribution is 6.08. The van der Waals surface area contributed by atoms with Crippen LogP contribution in [0, 0.1) is 10.1 Å². The number of fused-ring (bicyclic) bond motifs is 1. The fraction of sp³-hybridized carbons (Fsp3) is 0.350. The topological polar surface area (TPSA) is 72.7 Å². The van der Waals surface area contributed by atoms with Crippen molar-refractivity contribution >= 4 is 17.3 Å². The number of non-ortho nitro benzene ring substituents is 1. The maximum Gasteiger partial charge on any atom is 0.269 e. The first-order valence-electron chi connectivity index (χ1n) is 8.51. The van der Waals surface area contributed by atoms with E-state index in [-0.39, 0.29) is 23.1 Å². The number of amides is 1. The van der Waals surface area contributed by atoms with Gasteiger partial charge in [-0.1, -0.05) is 6.92 Å². The highest BCUT2D eigenvalue weighted by Gasteiger charge is 2.40. The van der Waals surface area contributed by atoms with Crippen molar-refractivity contribution in [3.05, 3.63) is 63.7 Å². The number of carbonyl (C=O) groups excluding carboxylic acids is 1. The molecule has 1 heterocycles. The molecule has 6 heteroatoms. The van der Waals surface area contributed by atoms with Crippen LogP contribution in [-0.2, 0) is 0 Å². The van der Waals surface area contributed by atoms with Gasteiger partial charge in [-0.05, 0) is 62.1 Å². The number of nitrogens with zero attached hydrogens (tertiary/aromatic N) is 2. The molecule has 0 radical (unpaired) electrons. The van der Waals surface area contributed by atoms with Gasteiger partial charge in [-0.15, -0.1) is 0 Å². The molecule has 3 rings (SSSR count). The number of nitro groups is 1. The maximum absolute atomic E-state index is 13.2. The number of hydrogen-bond donors (Lipinski definition) is 0. The average molecular weight is 354 g/mol. The van der Waals surface area contributed by atoms with Crippen molar-refractivity contribution in [1.29, 1.82) is 0 Å². The zero-order valence-corrected chi connectivity index (χ0v) is 15.4. The van der Waals surface area contributed by atoms with Crippen molar-refractivity contribution in [1.82, 2.24) is 0 Å². The maximum atomic E-state index is 13.2. The Morgan fingerprint density at radius 3 is 2.46 bits per heavy atom. The summed E-state index contributed by atoms with van der Waals surface area (Å²) in [7, 11) is 1.62. The van der Waals surface area contributed by atoms with E-state index in [0.717, 1.165) is 23.4 Å². The van der Waals surface area contributed by atoms with Crippen LogP contribution in [0.1, 0.15) is 49.0 Å². The van der Waals surface area contributed by atoms with Crippen molar-refractivity contribution < 1.29 is 14.5 Å². The van der Waals surface area contributed by atoms with Gasteiger partial charge in [0.25, 0.3) is 11.6 Å². The lowest BCUT2D eigenvalue weighted by Gasteiger charge is -2.46. The molecule has 136 valence electrons. The summed E-state index contributed by atoms with van der Waals surface area (Å²) >= 11 is 0. The molecule has 1 amide bonds. The molecule has 0 bridgehead atoms. The lowest BCUT2D eigenvalue weighted by atomic mass is 9.79. The van der Waals surface area contributed by atoms with Crippen molar-refractivity contribution in [2.45, 2.75) is 38.6 Å². The predicted molar refractivity (Wildman–Crippen MR) is 100 cm³/mol. The molecule has 26 heavy (non-hydrogen) atoms. The van der Waals surface area contributed by atoms with Gasteiger partial charge in [0.1, 0.15) is 5.75 Å². The van der Waals surface area contributed by atoms with E-state index in [0.29, 0.717) is 5.56 Å². The normalized spacial score (nSPS) is 18.2. The summed E-state index contributed by atoms with van der Waals surface area (Å²) in [5.74, 6) is 0.886. The van der Waals surface area contributed by atoms with Crippen molar-refractivity contribution in [3.63, 3.8) is 0 Å². The standard InChI is InChI=1S/C20H22N2O4/c1-13-12-20(2,3)21(18-10-9-16(26-4)11-17(13)18)19(23)14-5-7-15(8-6-14)22(24)25/h5-11,13H,12H2,1-4H3. The SMILES string of the molecule is COc1ccc2c(c1)C(C)CC(C)(C)N2C(=O)c1ccc([N+](=O)[O-])cc1. The van der Waals surface area contributed by atoms with Crippen LogP contribution < -0.4 is 9.64 Å². The molecule has 2 aromatic rings. The van der Waals surface area contributed by atoms with Crippen LogP contribution in [0.15, 0.2) is 42.5 Å². The second-order valence-corrected chi connectivity index (χ2v) is 7.29. The molecular weight excluding hydrogens is 332 g/mol. The Morgan fingerprint density at radius 1 is 1.23 bits per heavy atom. The van der Waals surface area contributed by atoms with E-state index in [4.69, 9.17) is 4.74 Å². The van der Waals surface area contributed by atoms with E-state index in [1.807, 2.05) is 32.0 Å². The Morgan fingerprint density at radius 2 is 1.88 bits per heavy atom. The lowest BCUT2D eigenvalue weighted by Crippen LogP contribution is -2.51. The highest BCUT2D eigenvalue weighted by Crippen LogP contribution is 2.45. The summed E-state index contributed by atoms with van der Waals surface area (Å²) in [6.45, 7) is 6.23.